The molecule has 2 aromatic carbocycles. The van der Waals surface area contributed by atoms with E-state index in [1.54, 1.807) is 4.57 Å². The lowest BCUT2D eigenvalue weighted by atomic mass is 10.1. The van der Waals surface area contributed by atoms with E-state index in [1.165, 1.54) is 42.5 Å². The SMILES string of the molecule is Cc1ccc(C)n1-c1cc(C(=O)NNC(O)c2cccc(C(=O)O)c2)ccc1C(=O)O. The molecule has 0 aliphatic carbocycles. The fraction of sp³-hybridized carbons (Fsp3) is 0.136. The van der Waals surface area contributed by atoms with Crippen molar-refractivity contribution in [3.05, 3.63) is 88.2 Å². The van der Waals surface area contributed by atoms with Crippen LogP contribution in [0.15, 0.2) is 54.6 Å². The lowest BCUT2D eigenvalue weighted by Gasteiger charge is -2.16. The molecule has 0 aliphatic rings. The first-order valence-electron chi connectivity index (χ1n) is 9.29. The Morgan fingerprint density at radius 2 is 1.55 bits per heavy atom. The van der Waals surface area contributed by atoms with Gasteiger partial charge in [0, 0.05) is 17.0 Å². The van der Waals surface area contributed by atoms with Crippen molar-refractivity contribution in [2.45, 2.75) is 20.1 Å². The van der Waals surface area contributed by atoms with Crippen LogP contribution in [0.5, 0.6) is 0 Å². The van der Waals surface area contributed by atoms with E-state index < -0.39 is 24.1 Å². The van der Waals surface area contributed by atoms with E-state index in [2.05, 4.69) is 10.9 Å². The van der Waals surface area contributed by atoms with Crippen LogP contribution in [0.1, 0.15) is 54.3 Å². The number of carbonyl (C=O) groups is 3. The Balaban J connectivity index is 1.82. The molecule has 0 bridgehead atoms. The Morgan fingerprint density at radius 3 is 2.16 bits per heavy atom. The van der Waals surface area contributed by atoms with Crippen LogP contribution < -0.4 is 10.9 Å². The van der Waals surface area contributed by atoms with Crippen LogP contribution in [0.25, 0.3) is 5.69 Å². The third-order valence-electron chi connectivity index (χ3n) is 4.77. The largest absolute Gasteiger partial charge is 0.478 e. The second kappa shape index (κ2) is 8.82. The van der Waals surface area contributed by atoms with Crippen LogP contribution >= 0.6 is 0 Å². The van der Waals surface area contributed by atoms with Crippen LogP contribution in [-0.4, -0.2) is 37.7 Å². The van der Waals surface area contributed by atoms with Crippen LogP contribution in [0.2, 0.25) is 0 Å². The molecule has 5 N–H and O–H groups in total. The highest BCUT2D eigenvalue weighted by Gasteiger charge is 2.18. The number of hydrogen-bond donors (Lipinski definition) is 5. The van der Waals surface area contributed by atoms with Crippen molar-refractivity contribution < 1.29 is 29.7 Å². The van der Waals surface area contributed by atoms with Crippen molar-refractivity contribution in [3.8, 4) is 5.69 Å². The Labute approximate surface area is 177 Å². The molecule has 1 atom stereocenters. The summed E-state index contributed by atoms with van der Waals surface area (Å²) in [6.45, 7) is 3.66. The summed E-state index contributed by atoms with van der Waals surface area (Å²) in [5, 5.41) is 28.8. The molecule has 9 nitrogen and oxygen atoms in total. The van der Waals surface area contributed by atoms with Gasteiger partial charge in [0.25, 0.3) is 5.91 Å². The topological polar surface area (TPSA) is 141 Å². The summed E-state index contributed by atoms with van der Waals surface area (Å²) in [4.78, 5) is 35.3. The zero-order valence-corrected chi connectivity index (χ0v) is 16.8. The van der Waals surface area contributed by atoms with Crippen molar-refractivity contribution in [3.63, 3.8) is 0 Å². The summed E-state index contributed by atoms with van der Waals surface area (Å²) >= 11 is 0. The lowest BCUT2D eigenvalue weighted by molar-refractivity contribution is 0.0685. The molecule has 3 aromatic rings. The van der Waals surface area contributed by atoms with Gasteiger partial charge in [0.05, 0.1) is 16.8 Å². The molecule has 1 heterocycles. The lowest BCUT2D eigenvalue weighted by Crippen LogP contribution is -2.40. The minimum Gasteiger partial charge on any atom is -0.478 e. The van der Waals surface area contributed by atoms with E-state index in [4.69, 9.17) is 5.11 Å². The average Bonchev–Trinajstić information content (AvgIpc) is 3.09. The molecule has 9 heteroatoms. The van der Waals surface area contributed by atoms with Crippen molar-refractivity contribution in [2.75, 3.05) is 0 Å². The molecule has 0 saturated heterocycles. The number of aryl methyl sites for hydroxylation is 2. The fourth-order valence-corrected chi connectivity index (χ4v) is 3.22. The van der Waals surface area contributed by atoms with Gasteiger partial charge in [0.1, 0.15) is 6.23 Å². The number of carboxylic acid groups (broad SMARTS) is 2. The average molecular weight is 423 g/mol. The number of carbonyl (C=O) groups excluding carboxylic acids is 1. The van der Waals surface area contributed by atoms with E-state index in [0.717, 1.165) is 11.4 Å². The molecule has 1 amide bonds. The number of amides is 1. The molecule has 160 valence electrons. The highest BCUT2D eigenvalue weighted by Crippen LogP contribution is 2.22. The van der Waals surface area contributed by atoms with Gasteiger partial charge in [-0.05, 0) is 61.9 Å². The molecule has 0 fully saturated rings. The second-order valence-electron chi connectivity index (χ2n) is 6.92. The second-order valence-corrected chi connectivity index (χ2v) is 6.92. The minimum atomic E-state index is -1.35. The highest BCUT2D eigenvalue weighted by molar-refractivity contribution is 5.98. The summed E-state index contributed by atoms with van der Waals surface area (Å²) in [6, 6.07) is 13.5. The van der Waals surface area contributed by atoms with Crippen molar-refractivity contribution in [1.82, 2.24) is 15.4 Å². The molecule has 3 rings (SSSR count). The zero-order chi connectivity index (χ0) is 22.7. The zero-order valence-electron chi connectivity index (χ0n) is 16.8. The number of rotatable bonds is 7. The third-order valence-corrected chi connectivity index (χ3v) is 4.77. The Hall–Kier alpha value is -3.95. The number of aliphatic hydroxyl groups is 1. The van der Waals surface area contributed by atoms with Crippen molar-refractivity contribution in [1.29, 1.82) is 0 Å². The number of aromatic nitrogens is 1. The molecule has 0 radical (unpaired) electrons. The monoisotopic (exact) mass is 423 g/mol. The normalized spacial score (nSPS) is 11.7. The first-order valence-corrected chi connectivity index (χ1v) is 9.29. The molecule has 0 spiro atoms. The first-order chi connectivity index (χ1) is 14.7. The first kappa shape index (κ1) is 21.8. The fourth-order valence-electron chi connectivity index (χ4n) is 3.22. The van der Waals surface area contributed by atoms with Gasteiger partial charge in [-0.1, -0.05) is 12.1 Å². The van der Waals surface area contributed by atoms with Crippen LogP contribution in [-0.2, 0) is 0 Å². The van der Waals surface area contributed by atoms with Gasteiger partial charge in [-0.2, -0.15) is 0 Å². The van der Waals surface area contributed by atoms with E-state index in [-0.39, 0.29) is 22.3 Å². The van der Waals surface area contributed by atoms with Gasteiger partial charge >= 0.3 is 11.9 Å². The van der Waals surface area contributed by atoms with Gasteiger partial charge in [-0.25, -0.2) is 15.0 Å². The predicted octanol–water partition coefficient (Wildman–Crippen LogP) is 2.42. The minimum absolute atomic E-state index is 0.00367. The van der Waals surface area contributed by atoms with Crippen molar-refractivity contribution in [2.24, 2.45) is 0 Å². The summed E-state index contributed by atoms with van der Waals surface area (Å²) < 4.78 is 1.74. The quantitative estimate of drug-likeness (QED) is 0.290. The smallest absolute Gasteiger partial charge is 0.337 e. The number of nitrogens with one attached hydrogen (secondary N) is 2. The van der Waals surface area contributed by atoms with Crippen LogP contribution in [0.4, 0.5) is 0 Å². The molecule has 31 heavy (non-hydrogen) atoms. The summed E-state index contributed by atoms with van der Waals surface area (Å²) in [6.07, 6.45) is -1.35. The predicted molar refractivity (Wildman–Crippen MR) is 111 cm³/mol. The van der Waals surface area contributed by atoms with Gasteiger partial charge in [0.2, 0.25) is 0 Å². The Bertz CT molecular complexity index is 1150. The maximum absolute atomic E-state index is 12.6. The molecule has 0 saturated carbocycles. The summed E-state index contributed by atoms with van der Waals surface area (Å²) in [5.74, 6) is -2.87. The maximum Gasteiger partial charge on any atom is 0.337 e. The molecular formula is C22H21N3O6. The number of benzene rings is 2. The molecule has 0 aliphatic heterocycles. The number of hydrazine groups is 1. The van der Waals surface area contributed by atoms with E-state index in [0.29, 0.717) is 5.69 Å². The number of carboxylic acids is 2. The Kier molecular flexibility index (Phi) is 6.19. The molecular weight excluding hydrogens is 402 g/mol. The van der Waals surface area contributed by atoms with Crippen LogP contribution in [0, 0.1) is 13.8 Å². The highest BCUT2D eigenvalue weighted by atomic mass is 16.4. The van der Waals surface area contributed by atoms with E-state index in [9.17, 15) is 24.6 Å². The van der Waals surface area contributed by atoms with Crippen LogP contribution in [0.3, 0.4) is 0 Å². The number of nitrogens with zero attached hydrogens (tertiary/aromatic N) is 1. The molecule has 1 aromatic heterocycles. The van der Waals surface area contributed by atoms with Gasteiger partial charge in [0.15, 0.2) is 0 Å². The van der Waals surface area contributed by atoms with E-state index >= 15 is 0 Å². The number of hydrogen-bond acceptors (Lipinski definition) is 5. The van der Waals surface area contributed by atoms with Gasteiger partial charge < -0.3 is 19.9 Å². The van der Waals surface area contributed by atoms with Crippen molar-refractivity contribution >= 4 is 17.8 Å². The number of aliphatic hydroxyl groups excluding tert-OH is 1. The van der Waals surface area contributed by atoms with E-state index in [1.807, 2.05) is 26.0 Å². The number of aromatic carboxylic acids is 2. The molecule has 1 unspecified atom stereocenters. The van der Waals surface area contributed by atoms with Gasteiger partial charge in [-0.3, -0.25) is 10.2 Å². The summed E-state index contributed by atoms with van der Waals surface area (Å²) in [7, 11) is 0. The maximum atomic E-state index is 12.6. The summed E-state index contributed by atoms with van der Waals surface area (Å²) in [5.41, 5.74) is 7.19. The van der Waals surface area contributed by atoms with Gasteiger partial charge in [-0.15, -0.1) is 0 Å². The Morgan fingerprint density at radius 1 is 0.871 bits per heavy atom. The standard InChI is InChI=1S/C22H21N3O6/c1-12-6-7-13(2)25(12)18-11-15(8-9-17(18)22(30)31)20(27)24-23-19(26)14-4-3-5-16(10-14)21(28)29/h3-11,19,23,26H,1-2H3,(H,24,27)(H,28,29)(H,30,31). The third kappa shape index (κ3) is 4.63.